The fraction of sp³-hybridized carbons (Fsp3) is 1.00. The van der Waals surface area contributed by atoms with Crippen LogP contribution < -0.4 is 0 Å². The third kappa shape index (κ3) is 1.49. The number of thioether (sulfide) groups is 1. The van der Waals surface area contributed by atoms with Gasteiger partial charge >= 0.3 is 0 Å². The largest absolute Gasteiger partial charge is 0.258 e. The van der Waals surface area contributed by atoms with Crippen LogP contribution in [-0.4, -0.2) is 20.3 Å². The molecule has 0 radical (unpaired) electrons. The maximum absolute atomic E-state index is 10.9. The minimum absolute atomic E-state index is 0.392. The molecule has 1 saturated heterocycles. The molecule has 48 valence electrons. The van der Waals surface area contributed by atoms with Crippen LogP contribution in [0.5, 0.6) is 0 Å². The molecule has 1 aliphatic heterocycles. The average Bonchev–Trinajstić information content (AvgIpc) is 1.77. The maximum atomic E-state index is 10.9. The summed E-state index contributed by atoms with van der Waals surface area (Å²) in [4.78, 5) is 0. The first kappa shape index (κ1) is 6.62. The maximum Gasteiger partial charge on any atom is 0.0773 e. The highest BCUT2D eigenvalue weighted by atomic mass is 32.2. The molecule has 1 nitrogen and oxygen atoms in total. The molecular formula is C5H10OS2. The van der Waals surface area contributed by atoms with Gasteiger partial charge in [-0.2, -0.15) is 0 Å². The molecule has 1 unspecified atom stereocenters. The zero-order valence-corrected chi connectivity index (χ0v) is 6.56. The van der Waals surface area contributed by atoms with Gasteiger partial charge in [0, 0.05) is 16.6 Å². The lowest BCUT2D eigenvalue weighted by molar-refractivity contribution is 0.680. The Kier molecular flexibility index (Phi) is 2.38. The highest BCUT2D eigenvalue weighted by molar-refractivity contribution is 8.11. The Morgan fingerprint density at radius 2 is 2.50 bits per heavy atom. The van der Waals surface area contributed by atoms with Crippen molar-refractivity contribution in [1.29, 1.82) is 0 Å². The number of rotatable bonds is 0. The smallest absolute Gasteiger partial charge is 0.0773 e. The van der Waals surface area contributed by atoms with E-state index in [9.17, 15) is 4.21 Å². The lowest BCUT2D eigenvalue weighted by atomic mass is 10.6. The highest BCUT2D eigenvalue weighted by Gasteiger charge is 2.15. The summed E-state index contributed by atoms with van der Waals surface area (Å²) in [6, 6.07) is 0. The number of hydrogen-bond acceptors (Lipinski definition) is 2. The van der Waals surface area contributed by atoms with Gasteiger partial charge in [0.15, 0.2) is 0 Å². The van der Waals surface area contributed by atoms with E-state index in [0.717, 1.165) is 12.2 Å². The molecule has 0 aliphatic carbocycles. The molecule has 0 aromatic heterocycles. The van der Waals surface area contributed by atoms with E-state index in [0.29, 0.717) is 4.58 Å². The Morgan fingerprint density at radius 3 is 2.88 bits per heavy atom. The Morgan fingerprint density at radius 1 is 1.75 bits per heavy atom. The van der Waals surface area contributed by atoms with Gasteiger partial charge in [-0.05, 0) is 19.1 Å². The second-order valence-corrected chi connectivity index (χ2v) is 5.50. The van der Waals surface area contributed by atoms with Crippen LogP contribution in [0.2, 0.25) is 0 Å². The van der Waals surface area contributed by atoms with Crippen LogP contribution in [0.15, 0.2) is 0 Å². The Labute approximate surface area is 56.7 Å². The first-order valence-electron chi connectivity index (χ1n) is 2.79. The normalized spacial score (nSPS) is 39.6. The van der Waals surface area contributed by atoms with E-state index in [1.54, 1.807) is 0 Å². The monoisotopic (exact) mass is 150 g/mol. The van der Waals surface area contributed by atoms with Gasteiger partial charge in [-0.25, -0.2) is 0 Å². The Bertz CT molecular complexity index is 103. The van der Waals surface area contributed by atoms with E-state index < -0.39 is 10.8 Å². The van der Waals surface area contributed by atoms with E-state index in [-0.39, 0.29) is 0 Å². The summed E-state index contributed by atoms with van der Waals surface area (Å²) in [7, 11) is -0.522. The van der Waals surface area contributed by atoms with Crippen LogP contribution in [0.25, 0.3) is 0 Å². The van der Waals surface area contributed by atoms with Crippen LogP contribution in [-0.2, 0) is 10.8 Å². The van der Waals surface area contributed by atoms with E-state index in [1.807, 2.05) is 18.7 Å². The van der Waals surface area contributed by atoms with Gasteiger partial charge in [-0.3, -0.25) is 4.21 Å². The molecular weight excluding hydrogens is 140 g/mol. The molecule has 0 N–H and O–H groups in total. The molecule has 0 amide bonds. The lowest BCUT2D eigenvalue weighted by Gasteiger charge is -2.15. The molecule has 0 aromatic carbocycles. The Balaban J connectivity index is 2.39. The second-order valence-electron chi connectivity index (χ2n) is 1.88. The topological polar surface area (TPSA) is 17.1 Å². The van der Waals surface area contributed by atoms with Gasteiger partial charge in [0.05, 0.1) is 4.58 Å². The third-order valence-corrected chi connectivity index (χ3v) is 4.69. The minimum Gasteiger partial charge on any atom is -0.258 e. The first-order valence-corrected chi connectivity index (χ1v) is 5.22. The third-order valence-electron chi connectivity index (χ3n) is 1.21. The van der Waals surface area contributed by atoms with Crippen molar-refractivity contribution in [3.05, 3.63) is 0 Å². The predicted octanol–water partition coefficient (Wildman–Crippen LogP) is 1.22. The predicted molar refractivity (Wildman–Crippen MR) is 39.5 cm³/mol. The van der Waals surface area contributed by atoms with Crippen molar-refractivity contribution in [3.8, 4) is 0 Å². The molecule has 1 rings (SSSR count). The molecule has 1 aliphatic rings. The van der Waals surface area contributed by atoms with Crippen LogP contribution in [0.3, 0.4) is 0 Å². The van der Waals surface area contributed by atoms with Crippen molar-refractivity contribution < 1.29 is 4.21 Å². The van der Waals surface area contributed by atoms with Gasteiger partial charge in [0.25, 0.3) is 0 Å². The average molecular weight is 150 g/mol. The quantitative estimate of drug-likeness (QED) is 0.516. The van der Waals surface area contributed by atoms with Crippen molar-refractivity contribution in [3.63, 3.8) is 0 Å². The van der Waals surface area contributed by atoms with Crippen LogP contribution in [0, 0.1) is 0 Å². The molecule has 0 aromatic rings. The summed E-state index contributed by atoms with van der Waals surface area (Å²) < 4.78 is 11.3. The van der Waals surface area contributed by atoms with Gasteiger partial charge in [0.2, 0.25) is 0 Å². The fourth-order valence-electron chi connectivity index (χ4n) is 0.692. The van der Waals surface area contributed by atoms with Gasteiger partial charge in [0.1, 0.15) is 0 Å². The summed E-state index contributed by atoms with van der Waals surface area (Å²) in [6.07, 6.45) is 1.14. The minimum atomic E-state index is -0.522. The van der Waals surface area contributed by atoms with Crippen LogP contribution in [0.4, 0.5) is 0 Å². The molecule has 1 heterocycles. The van der Waals surface area contributed by atoms with Crippen molar-refractivity contribution in [2.45, 2.75) is 17.9 Å². The Hall–Kier alpha value is 0.500. The van der Waals surface area contributed by atoms with Crippen molar-refractivity contribution in [2.24, 2.45) is 0 Å². The summed E-state index contributed by atoms with van der Waals surface area (Å²) in [5.74, 6) is 2.13. The van der Waals surface area contributed by atoms with Crippen molar-refractivity contribution in [2.75, 3.05) is 11.5 Å². The molecule has 2 atom stereocenters. The van der Waals surface area contributed by atoms with Gasteiger partial charge in [-0.1, -0.05) is 0 Å². The molecule has 3 heteroatoms. The lowest BCUT2D eigenvalue weighted by Crippen LogP contribution is -2.16. The molecule has 0 spiro atoms. The van der Waals surface area contributed by atoms with Gasteiger partial charge in [-0.15, -0.1) is 11.8 Å². The standard InChI is InChI=1S/C5H10OS2/c1-5-7-3-2-4-8(5)6/h5H,2-4H2,1H3/t5-,8?/m1/s1. The molecule has 0 saturated carbocycles. The summed E-state index contributed by atoms with van der Waals surface area (Å²) in [6.45, 7) is 2.04. The van der Waals surface area contributed by atoms with Gasteiger partial charge < -0.3 is 0 Å². The van der Waals surface area contributed by atoms with E-state index in [2.05, 4.69) is 0 Å². The highest BCUT2D eigenvalue weighted by Crippen LogP contribution is 2.20. The van der Waals surface area contributed by atoms with Crippen molar-refractivity contribution in [1.82, 2.24) is 0 Å². The van der Waals surface area contributed by atoms with E-state index >= 15 is 0 Å². The van der Waals surface area contributed by atoms with Crippen LogP contribution >= 0.6 is 11.8 Å². The molecule has 0 bridgehead atoms. The van der Waals surface area contributed by atoms with Crippen molar-refractivity contribution >= 4 is 22.6 Å². The number of hydrogen-bond donors (Lipinski definition) is 0. The van der Waals surface area contributed by atoms with E-state index in [1.165, 1.54) is 5.75 Å². The molecule has 8 heavy (non-hydrogen) atoms. The second kappa shape index (κ2) is 2.87. The zero-order valence-electron chi connectivity index (χ0n) is 4.92. The summed E-state index contributed by atoms with van der Waals surface area (Å²) >= 11 is 1.83. The fourth-order valence-corrected chi connectivity index (χ4v) is 3.46. The summed E-state index contributed by atoms with van der Waals surface area (Å²) in [5.41, 5.74) is 0. The zero-order chi connectivity index (χ0) is 5.98. The van der Waals surface area contributed by atoms with E-state index in [4.69, 9.17) is 0 Å². The SMILES string of the molecule is C[C@@H]1SCCCS1=O. The summed E-state index contributed by atoms with van der Waals surface area (Å²) in [5, 5.41) is 0. The van der Waals surface area contributed by atoms with Crippen LogP contribution in [0.1, 0.15) is 13.3 Å². The molecule has 1 fully saturated rings. The first-order chi connectivity index (χ1) is 3.80.